The fourth-order valence-electron chi connectivity index (χ4n) is 4.85. The van der Waals surface area contributed by atoms with Gasteiger partial charge in [0.05, 0.1) is 19.7 Å². The molecule has 20 nitrogen and oxygen atoms in total. The Morgan fingerprint density at radius 2 is 1.29 bits per heavy atom. The third-order valence-corrected chi connectivity index (χ3v) is 7.70. The van der Waals surface area contributed by atoms with Crippen molar-refractivity contribution in [2.75, 3.05) is 39.5 Å². The Hall–Kier alpha value is -5.55. The second-order valence-corrected chi connectivity index (χ2v) is 12.3. The summed E-state index contributed by atoms with van der Waals surface area (Å²) in [6.45, 7) is -0.520. The number of hydrogen-bond donors (Lipinski definition) is 11. The van der Waals surface area contributed by atoms with Gasteiger partial charge >= 0.3 is 12.1 Å². The van der Waals surface area contributed by atoms with Gasteiger partial charge in [0.25, 0.3) is 0 Å². The number of alkyl halides is 3. The summed E-state index contributed by atoms with van der Waals surface area (Å²) < 4.78 is 37.2. The van der Waals surface area contributed by atoms with Crippen molar-refractivity contribution in [1.29, 1.82) is 0 Å². The summed E-state index contributed by atoms with van der Waals surface area (Å²) in [4.78, 5) is 91.3. The number of nitrogens with zero attached hydrogens (tertiary/aromatic N) is 1. The van der Waals surface area contributed by atoms with Crippen molar-refractivity contribution in [3.8, 4) is 0 Å². The van der Waals surface area contributed by atoms with Crippen LogP contribution in [-0.2, 0) is 44.7 Å². The van der Waals surface area contributed by atoms with Crippen molar-refractivity contribution in [3.63, 3.8) is 0 Å². The van der Waals surface area contributed by atoms with Crippen molar-refractivity contribution in [2.24, 2.45) is 27.9 Å². The van der Waals surface area contributed by atoms with E-state index in [2.05, 4.69) is 36.9 Å². The number of carbonyl (C=O) groups excluding carboxylic acids is 6. The number of benzene rings is 1. The van der Waals surface area contributed by atoms with E-state index in [1.54, 1.807) is 30.3 Å². The number of halogens is 3. The Bertz CT molecular complexity index is 1470. The number of unbranched alkanes of at least 4 members (excludes halogenated alkanes) is 2. The third kappa shape index (κ3) is 20.8. The van der Waals surface area contributed by atoms with Crippen molar-refractivity contribution in [1.82, 2.24) is 31.9 Å². The molecular weight excluding hydrogens is 751 g/mol. The van der Waals surface area contributed by atoms with Crippen LogP contribution in [0.1, 0.15) is 50.5 Å². The molecule has 1 saturated heterocycles. The van der Waals surface area contributed by atoms with E-state index in [9.17, 15) is 41.9 Å². The highest BCUT2D eigenvalue weighted by atomic mass is 19.4. The van der Waals surface area contributed by atoms with E-state index in [0.29, 0.717) is 38.8 Å². The summed E-state index contributed by atoms with van der Waals surface area (Å²) in [6.07, 6.45) is -2.26. The van der Waals surface area contributed by atoms with Crippen LogP contribution in [0.2, 0.25) is 0 Å². The first-order valence-corrected chi connectivity index (χ1v) is 17.6. The molecule has 15 N–H and O–H groups in total. The maximum absolute atomic E-state index is 13.7. The zero-order valence-corrected chi connectivity index (χ0v) is 30.7. The maximum Gasteiger partial charge on any atom is 0.490 e. The average molecular weight is 804 g/mol. The lowest BCUT2D eigenvalue weighted by molar-refractivity contribution is -0.192. The summed E-state index contributed by atoms with van der Waals surface area (Å²) in [5.74, 6) is -6.93. The topological polar surface area (TPSA) is 338 Å². The first kappa shape index (κ1) is 48.5. The molecule has 0 bridgehead atoms. The van der Waals surface area contributed by atoms with Crippen LogP contribution in [0.15, 0.2) is 35.3 Å². The molecule has 1 aromatic rings. The molecule has 56 heavy (non-hydrogen) atoms. The van der Waals surface area contributed by atoms with Crippen molar-refractivity contribution in [2.45, 2.75) is 81.7 Å². The first-order valence-electron chi connectivity index (χ1n) is 17.6. The van der Waals surface area contributed by atoms with Crippen LogP contribution >= 0.6 is 0 Å². The van der Waals surface area contributed by atoms with E-state index in [1.165, 1.54) is 0 Å². The summed E-state index contributed by atoms with van der Waals surface area (Å²) in [7, 11) is 0. The largest absolute Gasteiger partial charge is 0.490 e. The first-order chi connectivity index (χ1) is 26.5. The minimum atomic E-state index is -5.08. The molecule has 23 heteroatoms. The number of carbonyl (C=O) groups is 7. The monoisotopic (exact) mass is 803 g/mol. The third-order valence-electron chi connectivity index (χ3n) is 7.70. The lowest BCUT2D eigenvalue weighted by Crippen LogP contribution is -2.57. The molecule has 1 aliphatic heterocycles. The molecular formula is C33H52F3N11O9. The summed E-state index contributed by atoms with van der Waals surface area (Å²) >= 11 is 0. The van der Waals surface area contributed by atoms with Crippen LogP contribution in [0, 0.1) is 0 Å². The number of guanidine groups is 1. The van der Waals surface area contributed by atoms with Crippen LogP contribution in [0.5, 0.6) is 0 Å². The molecule has 0 aromatic heterocycles. The number of hydrogen-bond acceptors (Lipinski definition) is 11. The predicted molar refractivity (Wildman–Crippen MR) is 195 cm³/mol. The van der Waals surface area contributed by atoms with Gasteiger partial charge in [-0.05, 0) is 57.2 Å². The quantitative estimate of drug-likeness (QED) is 0.0602. The fourth-order valence-corrected chi connectivity index (χ4v) is 4.85. The van der Waals surface area contributed by atoms with E-state index < -0.39 is 84.8 Å². The van der Waals surface area contributed by atoms with Crippen molar-refractivity contribution >= 4 is 47.4 Å². The Kier molecular flexibility index (Phi) is 22.8. The minimum Gasteiger partial charge on any atom is -0.475 e. The van der Waals surface area contributed by atoms with Gasteiger partial charge in [0.15, 0.2) is 5.96 Å². The van der Waals surface area contributed by atoms with Gasteiger partial charge < -0.3 is 64.7 Å². The molecule has 2 rings (SSSR count). The van der Waals surface area contributed by atoms with Gasteiger partial charge in [0, 0.05) is 12.8 Å². The standard InChI is InChI=1S/C31H51N11O7.C2HF3O2/c32-13-6-4-10-21-28(46)38-19-49-15-12-23(42-31(34)35)27(45)37-17-25(43)36-18-26(44)39-24(16-20-8-2-1-3-9-20)30(48)41-22(29(47)40-21)11-5-7-14-33;3-2(4,5)1(6)7/h1-3,8-9,21-24H,4-7,10-19,32-33H2,(H,36,43)(H,37,45)(H,38,46)(H,39,44)(H,40,47)(H,41,48)(H4,34,35,42);(H,6,7)/t21-,22-,23+,24+;/m0./s1. The molecule has 0 spiro atoms. The summed E-state index contributed by atoms with van der Waals surface area (Å²) in [6, 6.07) is 4.66. The van der Waals surface area contributed by atoms with Crippen LogP contribution in [0.3, 0.4) is 0 Å². The van der Waals surface area contributed by atoms with Gasteiger partial charge in [-0.15, -0.1) is 0 Å². The normalized spacial score (nSPS) is 21.1. The van der Waals surface area contributed by atoms with Crippen LogP contribution in [0.25, 0.3) is 0 Å². The zero-order valence-electron chi connectivity index (χ0n) is 30.7. The Morgan fingerprint density at radius 3 is 1.82 bits per heavy atom. The lowest BCUT2D eigenvalue weighted by Gasteiger charge is -2.26. The number of carboxylic acids is 1. The van der Waals surface area contributed by atoms with Crippen LogP contribution < -0.4 is 54.8 Å². The molecule has 1 heterocycles. The highest BCUT2D eigenvalue weighted by Gasteiger charge is 2.38. The van der Waals surface area contributed by atoms with Gasteiger partial charge in [-0.1, -0.05) is 30.3 Å². The molecule has 6 amide bonds. The van der Waals surface area contributed by atoms with Crippen molar-refractivity contribution in [3.05, 3.63) is 35.9 Å². The van der Waals surface area contributed by atoms with Gasteiger partial charge in [0.1, 0.15) is 30.9 Å². The number of ether oxygens (including phenoxy) is 1. The number of rotatable bonds is 11. The number of carboxylic acid groups (broad SMARTS) is 1. The number of amides is 6. The van der Waals surface area contributed by atoms with Gasteiger partial charge in [-0.2, -0.15) is 13.2 Å². The molecule has 1 fully saturated rings. The highest BCUT2D eigenvalue weighted by molar-refractivity contribution is 5.95. The van der Waals surface area contributed by atoms with Crippen molar-refractivity contribution < 1.29 is 56.6 Å². The zero-order chi connectivity index (χ0) is 42.1. The number of nitrogens with two attached hydrogens (primary N) is 4. The van der Waals surface area contributed by atoms with E-state index in [1.807, 2.05) is 0 Å². The number of nitrogens with one attached hydrogen (secondary N) is 6. The van der Waals surface area contributed by atoms with E-state index in [-0.39, 0.29) is 45.0 Å². The smallest absolute Gasteiger partial charge is 0.475 e. The summed E-state index contributed by atoms with van der Waals surface area (Å²) in [5, 5.41) is 22.6. The highest BCUT2D eigenvalue weighted by Crippen LogP contribution is 2.13. The Labute approximate surface area is 320 Å². The molecule has 0 radical (unpaired) electrons. The molecule has 4 atom stereocenters. The minimum absolute atomic E-state index is 0.00722. The molecule has 314 valence electrons. The van der Waals surface area contributed by atoms with Gasteiger partial charge in [0.2, 0.25) is 35.4 Å². The average Bonchev–Trinajstić information content (AvgIpc) is 3.14. The maximum atomic E-state index is 13.7. The molecule has 1 aliphatic rings. The number of aliphatic carboxylic acids is 1. The van der Waals surface area contributed by atoms with Gasteiger partial charge in [-0.25, -0.2) is 9.79 Å². The second-order valence-electron chi connectivity index (χ2n) is 12.3. The molecule has 1 aromatic carbocycles. The van der Waals surface area contributed by atoms with E-state index in [4.69, 9.17) is 37.6 Å². The number of aliphatic imine (C=N–C) groups is 1. The SMILES string of the molecule is NCCCC[C@@H]1NC(=O)[C@H](CCCCN)NC(=O)[C@@H](Cc2ccccc2)NC(=O)CNC(=O)CNC(=O)[C@H](N=C(N)N)CCOCNC1=O.O=C(O)C(F)(F)F. The predicted octanol–water partition coefficient (Wildman–Crippen LogP) is -3.06. The van der Waals surface area contributed by atoms with Crippen LogP contribution in [-0.4, -0.2) is 122 Å². The Morgan fingerprint density at radius 1 is 0.750 bits per heavy atom. The van der Waals surface area contributed by atoms with Gasteiger partial charge in [-0.3, -0.25) is 28.8 Å². The molecule has 0 saturated carbocycles. The molecule has 0 unspecified atom stereocenters. The van der Waals surface area contributed by atoms with E-state index in [0.717, 1.165) is 5.56 Å². The fraction of sp³-hybridized carbons (Fsp3) is 0.576. The van der Waals surface area contributed by atoms with Crippen LogP contribution in [0.4, 0.5) is 13.2 Å². The lowest BCUT2D eigenvalue weighted by atomic mass is 10.0. The van der Waals surface area contributed by atoms with E-state index >= 15 is 0 Å². The second kappa shape index (κ2) is 26.3. The molecule has 0 aliphatic carbocycles. The Balaban J connectivity index is 0.00000203. The summed E-state index contributed by atoms with van der Waals surface area (Å²) in [5.41, 5.74) is 23.0.